The molecule has 1 amide bonds. The molecule has 0 aromatic heterocycles. The maximum absolute atomic E-state index is 12.6. The average Bonchev–Trinajstić information content (AvgIpc) is 2.59. The van der Waals surface area contributed by atoms with E-state index >= 15 is 0 Å². The molecule has 1 aliphatic carbocycles. The Morgan fingerprint density at radius 1 is 1.19 bits per heavy atom. The van der Waals surface area contributed by atoms with Gasteiger partial charge in [-0.3, -0.25) is 9.36 Å². The highest BCUT2D eigenvalue weighted by molar-refractivity contribution is 7.66. The van der Waals surface area contributed by atoms with Gasteiger partial charge >= 0.3 is 0 Å². The first-order valence-electron chi connectivity index (χ1n) is 9.78. The summed E-state index contributed by atoms with van der Waals surface area (Å²) in [5.74, 6) is 0.536. The third-order valence-corrected chi connectivity index (χ3v) is 7.17. The summed E-state index contributed by atoms with van der Waals surface area (Å²) in [5.41, 5.74) is 0.677. The molecular weight excluding hydrogens is 345 g/mol. The molecule has 2 rings (SSSR count). The highest BCUT2D eigenvalue weighted by Gasteiger charge is 2.30. The standard InChI is InChI=1S/C21H34NO3P/c1-6-25-26(5,24)18-14-12-17(13-15-18)19(16-10-8-7-9-11-16)22-20(23)21(2,3)4/h12-16,19H,6-11H2,1-5H3,(H,22,23)/t19-,26?/m0/s1. The van der Waals surface area contributed by atoms with Gasteiger partial charge in [-0.25, -0.2) is 0 Å². The average molecular weight is 379 g/mol. The third kappa shape index (κ3) is 5.44. The van der Waals surface area contributed by atoms with Gasteiger partial charge in [0.1, 0.15) is 0 Å². The van der Waals surface area contributed by atoms with Crippen LogP contribution in [-0.4, -0.2) is 19.2 Å². The maximum Gasteiger partial charge on any atom is 0.229 e. The van der Waals surface area contributed by atoms with Crippen LogP contribution >= 0.6 is 7.37 Å². The Hall–Kier alpha value is -1.12. The highest BCUT2D eigenvalue weighted by Crippen LogP contribution is 2.41. The number of nitrogens with one attached hydrogen (secondary N) is 1. The molecule has 5 heteroatoms. The summed E-state index contributed by atoms with van der Waals surface area (Å²) in [4.78, 5) is 12.6. The van der Waals surface area contributed by atoms with Crippen LogP contribution in [0.3, 0.4) is 0 Å². The number of hydrogen-bond acceptors (Lipinski definition) is 3. The van der Waals surface area contributed by atoms with Crippen LogP contribution < -0.4 is 10.6 Å². The van der Waals surface area contributed by atoms with Crippen LogP contribution in [0.25, 0.3) is 0 Å². The normalized spacial score (nSPS) is 19.6. The van der Waals surface area contributed by atoms with Gasteiger partial charge in [0.05, 0.1) is 12.6 Å². The van der Waals surface area contributed by atoms with Gasteiger partial charge in [0, 0.05) is 17.4 Å². The summed E-state index contributed by atoms with van der Waals surface area (Å²) < 4.78 is 18.0. The van der Waals surface area contributed by atoms with E-state index in [1.807, 2.05) is 52.0 Å². The van der Waals surface area contributed by atoms with Crippen LogP contribution in [0.1, 0.15) is 71.4 Å². The molecule has 1 aliphatic rings. The highest BCUT2D eigenvalue weighted by atomic mass is 31.2. The number of amides is 1. The smallest absolute Gasteiger partial charge is 0.229 e. The van der Waals surface area contributed by atoms with Crippen molar-refractivity contribution in [2.75, 3.05) is 13.3 Å². The predicted octanol–water partition coefficient (Wildman–Crippen LogP) is 5.04. The molecule has 0 spiro atoms. The van der Waals surface area contributed by atoms with Crippen molar-refractivity contribution in [3.63, 3.8) is 0 Å². The summed E-state index contributed by atoms with van der Waals surface area (Å²) in [7, 11) is -2.77. The molecule has 0 bridgehead atoms. The van der Waals surface area contributed by atoms with Gasteiger partial charge in [-0.15, -0.1) is 0 Å². The van der Waals surface area contributed by atoms with Crippen molar-refractivity contribution >= 4 is 18.6 Å². The topological polar surface area (TPSA) is 55.4 Å². The first-order chi connectivity index (χ1) is 12.1. The number of hydrogen-bond donors (Lipinski definition) is 1. The van der Waals surface area contributed by atoms with E-state index in [1.165, 1.54) is 19.3 Å². The molecule has 1 fully saturated rings. The van der Waals surface area contributed by atoms with Crippen LogP contribution in [0.4, 0.5) is 0 Å². The summed E-state index contributed by atoms with van der Waals surface area (Å²) in [6.45, 7) is 9.77. The lowest BCUT2D eigenvalue weighted by Crippen LogP contribution is -2.40. The van der Waals surface area contributed by atoms with Crippen LogP contribution in [0, 0.1) is 11.3 Å². The molecule has 1 saturated carbocycles. The SMILES string of the molecule is CCOP(C)(=O)c1ccc([C@@H](NC(=O)C(C)(C)C)C2CCCCC2)cc1. The van der Waals surface area contributed by atoms with Crippen molar-refractivity contribution in [1.29, 1.82) is 0 Å². The molecule has 0 radical (unpaired) electrons. The van der Waals surface area contributed by atoms with E-state index in [9.17, 15) is 9.36 Å². The Kier molecular flexibility index (Phi) is 7.10. The van der Waals surface area contributed by atoms with Crippen LogP contribution in [0.2, 0.25) is 0 Å². The molecule has 1 aromatic rings. The molecule has 0 aliphatic heterocycles. The Bertz CT molecular complexity index is 642. The molecule has 4 nitrogen and oxygen atoms in total. The summed E-state index contributed by atoms with van der Waals surface area (Å²) in [5, 5.41) is 4.02. The monoisotopic (exact) mass is 379 g/mol. The molecule has 1 unspecified atom stereocenters. The van der Waals surface area contributed by atoms with E-state index < -0.39 is 12.8 Å². The quantitative estimate of drug-likeness (QED) is 0.705. The first kappa shape index (κ1) is 21.2. The Morgan fingerprint density at radius 2 is 1.77 bits per heavy atom. The van der Waals surface area contributed by atoms with Gasteiger partial charge in [0.15, 0.2) is 0 Å². The van der Waals surface area contributed by atoms with Crippen LogP contribution in [-0.2, 0) is 13.9 Å². The second-order valence-corrected chi connectivity index (χ2v) is 10.9. The lowest BCUT2D eigenvalue weighted by atomic mass is 9.80. The third-order valence-electron chi connectivity index (χ3n) is 5.19. The minimum atomic E-state index is -2.77. The second-order valence-electron chi connectivity index (χ2n) is 8.45. The lowest BCUT2D eigenvalue weighted by Gasteiger charge is -2.33. The van der Waals surface area contributed by atoms with Gasteiger partial charge in [0.2, 0.25) is 13.3 Å². The van der Waals surface area contributed by atoms with Gasteiger partial charge in [-0.05, 0) is 43.4 Å². The van der Waals surface area contributed by atoms with Crippen molar-refractivity contribution < 1.29 is 13.9 Å². The minimum Gasteiger partial charge on any atom is -0.349 e. The minimum absolute atomic E-state index is 0.0133. The Morgan fingerprint density at radius 3 is 2.27 bits per heavy atom. The summed E-state index contributed by atoms with van der Waals surface area (Å²) in [6, 6.07) is 7.81. The van der Waals surface area contributed by atoms with Crippen molar-refractivity contribution in [2.45, 2.75) is 65.8 Å². The summed E-state index contributed by atoms with van der Waals surface area (Å²) >= 11 is 0. The fourth-order valence-corrected chi connectivity index (χ4v) is 4.90. The zero-order valence-electron chi connectivity index (χ0n) is 16.9. The van der Waals surface area contributed by atoms with Crippen LogP contribution in [0.5, 0.6) is 0 Å². The molecule has 26 heavy (non-hydrogen) atoms. The fraction of sp³-hybridized carbons (Fsp3) is 0.667. The molecule has 1 N–H and O–H groups in total. The fourth-order valence-electron chi connectivity index (χ4n) is 3.57. The molecule has 146 valence electrons. The number of rotatable bonds is 6. The Balaban J connectivity index is 2.26. The van der Waals surface area contributed by atoms with Gasteiger partial charge in [-0.2, -0.15) is 0 Å². The van der Waals surface area contributed by atoms with Crippen LogP contribution in [0.15, 0.2) is 24.3 Å². The molecular formula is C21H34NO3P. The van der Waals surface area contributed by atoms with E-state index in [0.717, 1.165) is 23.7 Å². The van der Waals surface area contributed by atoms with E-state index in [2.05, 4.69) is 5.32 Å². The predicted molar refractivity (Wildman–Crippen MR) is 108 cm³/mol. The van der Waals surface area contributed by atoms with E-state index in [0.29, 0.717) is 12.5 Å². The lowest BCUT2D eigenvalue weighted by molar-refractivity contribution is -0.129. The van der Waals surface area contributed by atoms with E-state index in [4.69, 9.17) is 4.52 Å². The van der Waals surface area contributed by atoms with E-state index in [1.54, 1.807) is 6.66 Å². The van der Waals surface area contributed by atoms with Crippen molar-refractivity contribution in [2.24, 2.45) is 11.3 Å². The second kappa shape index (κ2) is 8.71. The zero-order chi connectivity index (χ0) is 19.4. The van der Waals surface area contributed by atoms with Crippen molar-refractivity contribution in [1.82, 2.24) is 5.32 Å². The number of carbonyl (C=O) groups is 1. The van der Waals surface area contributed by atoms with Crippen molar-refractivity contribution in [3.8, 4) is 0 Å². The van der Waals surface area contributed by atoms with E-state index in [-0.39, 0.29) is 11.9 Å². The number of benzene rings is 1. The largest absolute Gasteiger partial charge is 0.349 e. The van der Waals surface area contributed by atoms with Crippen molar-refractivity contribution in [3.05, 3.63) is 29.8 Å². The van der Waals surface area contributed by atoms with Gasteiger partial charge in [-0.1, -0.05) is 52.2 Å². The molecule has 1 aromatic carbocycles. The molecule has 0 saturated heterocycles. The Labute approximate surface area is 158 Å². The first-order valence-corrected chi connectivity index (χ1v) is 11.9. The maximum atomic E-state index is 12.6. The van der Waals surface area contributed by atoms with Gasteiger partial charge in [0.25, 0.3) is 0 Å². The molecule has 0 heterocycles. The zero-order valence-corrected chi connectivity index (χ0v) is 17.8. The number of carbonyl (C=O) groups excluding carboxylic acids is 1. The molecule has 2 atom stereocenters. The van der Waals surface area contributed by atoms with Gasteiger partial charge < -0.3 is 9.84 Å². The summed E-state index contributed by atoms with van der Waals surface area (Å²) in [6.07, 6.45) is 6.01.